The number of ether oxygens (including phenoxy) is 8. The van der Waals surface area contributed by atoms with Gasteiger partial charge in [0.05, 0.1) is 14.2 Å². The molecule has 2 saturated heterocycles. The van der Waals surface area contributed by atoms with Crippen molar-refractivity contribution in [2.45, 2.75) is 88.0 Å². The molecule has 13 nitrogen and oxygen atoms in total. The molecule has 3 heterocycles. The van der Waals surface area contributed by atoms with Crippen LogP contribution in [0.5, 0.6) is 11.5 Å². The first kappa shape index (κ1) is 30.4. The first-order valence-electron chi connectivity index (χ1n) is 14.7. The van der Waals surface area contributed by atoms with Crippen LogP contribution in [0.25, 0.3) is 0 Å². The maximum Gasteiger partial charge on any atom is 0.339 e. The molecule has 1 spiro atoms. The van der Waals surface area contributed by atoms with Gasteiger partial charge in [0.15, 0.2) is 35.9 Å². The molecular weight excluding hydrogens is 578 g/mol. The third kappa shape index (κ3) is 4.72. The Labute approximate surface area is 254 Å². The quantitative estimate of drug-likeness (QED) is 0.246. The number of carbonyl (C=O) groups is 4. The van der Waals surface area contributed by atoms with Crippen LogP contribution in [-0.2, 0) is 59.4 Å². The molecule has 13 heteroatoms. The van der Waals surface area contributed by atoms with Gasteiger partial charge in [0.25, 0.3) is 0 Å². The summed E-state index contributed by atoms with van der Waals surface area (Å²) in [7, 11) is 4.88. The van der Waals surface area contributed by atoms with Gasteiger partial charge in [-0.15, -0.1) is 0 Å². The number of methoxy groups -OCH3 is 2. The molecule has 2 aliphatic carbocycles. The summed E-state index contributed by atoms with van der Waals surface area (Å²) in [5.41, 5.74) is 1.88. The predicted molar refractivity (Wildman–Crippen MR) is 149 cm³/mol. The highest BCUT2D eigenvalue weighted by molar-refractivity contribution is 5.77. The minimum atomic E-state index is -1.56. The van der Waals surface area contributed by atoms with E-state index in [0.29, 0.717) is 11.5 Å². The Kier molecular flexibility index (Phi) is 7.83. The van der Waals surface area contributed by atoms with Gasteiger partial charge in [0.2, 0.25) is 6.29 Å². The van der Waals surface area contributed by atoms with Crippen molar-refractivity contribution in [3.63, 3.8) is 0 Å². The molecule has 1 aromatic rings. The molecule has 10 atom stereocenters. The van der Waals surface area contributed by atoms with Crippen molar-refractivity contribution < 1.29 is 57.1 Å². The summed E-state index contributed by atoms with van der Waals surface area (Å²) < 4.78 is 46.5. The van der Waals surface area contributed by atoms with Gasteiger partial charge in [-0.2, -0.15) is 0 Å². The molecule has 0 radical (unpaired) electrons. The summed E-state index contributed by atoms with van der Waals surface area (Å²) in [5.74, 6) is -1.73. The van der Waals surface area contributed by atoms with Gasteiger partial charge in [-0.25, -0.2) is 4.79 Å². The molecule has 0 amide bonds. The van der Waals surface area contributed by atoms with Gasteiger partial charge < -0.3 is 42.8 Å². The average molecular weight is 616 g/mol. The molecule has 0 saturated carbocycles. The topological polar surface area (TPSA) is 145 Å². The van der Waals surface area contributed by atoms with E-state index in [2.05, 4.69) is 24.1 Å². The van der Waals surface area contributed by atoms with E-state index in [1.807, 2.05) is 12.1 Å². The lowest BCUT2D eigenvalue weighted by Crippen LogP contribution is -2.67. The molecular formula is C31H37NO12. The summed E-state index contributed by atoms with van der Waals surface area (Å²) in [6.45, 7) is 4.29. The fraction of sp³-hybridized carbons (Fsp3) is 0.613. The van der Waals surface area contributed by atoms with E-state index < -0.39 is 72.2 Å². The lowest BCUT2D eigenvalue weighted by Gasteiger charge is -2.57. The average Bonchev–Trinajstić information content (AvgIpc) is 3.32. The number of benzene rings is 1. The Morgan fingerprint density at radius 2 is 1.61 bits per heavy atom. The third-order valence-corrected chi connectivity index (χ3v) is 9.46. The molecule has 0 unspecified atom stereocenters. The highest BCUT2D eigenvalue weighted by Gasteiger charge is 2.65. The van der Waals surface area contributed by atoms with Crippen LogP contribution in [0.2, 0.25) is 0 Å². The summed E-state index contributed by atoms with van der Waals surface area (Å²) >= 11 is 0. The Morgan fingerprint density at radius 1 is 0.932 bits per heavy atom. The second-order valence-electron chi connectivity index (χ2n) is 11.9. The number of esters is 4. The van der Waals surface area contributed by atoms with Crippen LogP contribution in [0.4, 0.5) is 0 Å². The fourth-order valence-corrected chi connectivity index (χ4v) is 7.83. The number of carbonyl (C=O) groups excluding carboxylic acids is 4. The van der Waals surface area contributed by atoms with Crippen LogP contribution in [0.1, 0.15) is 38.3 Å². The van der Waals surface area contributed by atoms with E-state index in [1.54, 1.807) is 7.11 Å². The predicted octanol–water partition coefficient (Wildman–Crippen LogP) is 1.22. The van der Waals surface area contributed by atoms with E-state index in [0.717, 1.165) is 45.9 Å². The number of piperidine rings is 1. The van der Waals surface area contributed by atoms with Crippen molar-refractivity contribution in [2.24, 2.45) is 5.92 Å². The number of hydrogen-bond donors (Lipinski definition) is 0. The SMILES string of the molecule is COC(=O)[C@H]1O[C@@H](O[C@H]2C=C[C@H]3[C@@H]4Cc5ccc(OC)c6c5[C@@]3(CCN4C)[C@H]2O6)[C@H](OC(C)=O)[C@@H](OC(C)=O)[C@@H]1OC(C)=O. The molecule has 2 fully saturated rings. The zero-order valence-electron chi connectivity index (χ0n) is 25.5. The van der Waals surface area contributed by atoms with Crippen molar-refractivity contribution in [3.05, 3.63) is 35.4 Å². The van der Waals surface area contributed by atoms with Gasteiger partial charge in [0.1, 0.15) is 12.2 Å². The highest BCUT2D eigenvalue weighted by atomic mass is 16.7. The third-order valence-electron chi connectivity index (χ3n) is 9.46. The van der Waals surface area contributed by atoms with Gasteiger partial charge in [-0.1, -0.05) is 18.2 Å². The second kappa shape index (κ2) is 11.4. The largest absolute Gasteiger partial charge is 0.493 e. The maximum atomic E-state index is 12.9. The molecule has 5 aliphatic rings. The van der Waals surface area contributed by atoms with Crippen molar-refractivity contribution in [1.29, 1.82) is 0 Å². The molecule has 44 heavy (non-hydrogen) atoms. The summed E-state index contributed by atoms with van der Waals surface area (Å²) in [5, 5.41) is 0. The first-order valence-corrected chi connectivity index (χ1v) is 14.7. The van der Waals surface area contributed by atoms with Crippen molar-refractivity contribution >= 4 is 23.9 Å². The number of nitrogens with zero attached hydrogens (tertiary/aromatic N) is 1. The van der Waals surface area contributed by atoms with Crippen LogP contribution >= 0.6 is 0 Å². The second-order valence-corrected chi connectivity index (χ2v) is 11.9. The molecule has 2 bridgehead atoms. The van der Waals surface area contributed by atoms with E-state index in [-0.39, 0.29) is 12.0 Å². The smallest absolute Gasteiger partial charge is 0.339 e. The van der Waals surface area contributed by atoms with Crippen LogP contribution in [0.3, 0.4) is 0 Å². The number of likely N-dealkylation sites (tertiary alicyclic amines) is 1. The zero-order valence-corrected chi connectivity index (χ0v) is 25.5. The maximum absolute atomic E-state index is 12.9. The Morgan fingerprint density at radius 3 is 2.27 bits per heavy atom. The van der Waals surface area contributed by atoms with E-state index in [4.69, 9.17) is 37.9 Å². The Balaban J connectivity index is 1.41. The van der Waals surface area contributed by atoms with Crippen LogP contribution in [-0.4, -0.2) is 106 Å². The highest BCUT2D eigenvalue weighted by Crippen LogP contribution is 2.62. The summed E-state index contributed by atoms with van der Waals surface area (Å²) in [6.07, 6.45) is -2.89. The van der Waals surface area contributed by atoms with E-state index >= 15 is 0 Å². The standard InChI is InChI=1S/C31H37NO12/c1-14(33)39-24-25(40-15(2)34)27(41-16(3)35)30(44-26(24)29(36)38-6)42-21-10-8-18-19-13-17-7-9-20(37-5)23-22(17)31(18,28(21)43-23)11-12-32(19)4/h7-10,18-19,21,24-28,30H,11-13H2,1-6H3/t18-,19-,21-,24-,25-,26-,27+,28-,30+,31-/m0/s1. The number of rotatable bonds is 7. The Bertz CT molecular complexity index is 1390. The lowest BCUT2D eigenvalue weighted by molar-refractivity contribution is -0.313. The van der Waals surface area contributed by atoms with Gasteiger partial charge in [-0.3, -0.25) is 14.4 Å². The summed E-state index contributed by atoms with van der Waals surface area (Å²) in [6, 6.07) is 4.27. The summed E-state index contributed by atoms with van der Waals surface area (Å²) in [4.78, 5) is 51.9. The molecule has 0 N–H and O–H groups in total. The zero-order chi connectivity index (χ0) is 31.5. The van der Waals surface area contributed by atoms with Crippen molar-refractivity contribution in [2.75, 3.05) is 27.8 Å². The molecule has 6 rings (SSSR count). The molecule has 0 aromatic heterocycles. The molecule has 3 aliphatic heterocycles. The number of hydrogen-bond acceptors (Lipinski definition) is 13. The lowest BCUT2D eigenvalue weighted by atomic mass is 9.53. The van der Waals surface area contributed by atoms with Gasteiger partial charge in [-0.05, 0) is 38.1 Å². The van der Waals surface area contributed by atoms with Crippen LogP contribution in [0.15, 0.2) is 24.3 Å². The molecule has 238 valence electrons. The van der Waals surface area contributed by atoms with Gasteiger partial charge >= 0.3 is 23.9 Å². The minimum absolute atomic E-state index is 0.133. The fourth-order valence-electron chi connectivity index (χ4n) is 7.83. The van der Waals surface area contributed by atoms with E-state index in [1.165, 1.54) is 12.5 Å². The van der Waals surface area contributed by atoms with Crippen molar-refractivity contribution in [1.82, 2.24) is 4.90 Å². The minimum Gasteiger partial charge on any atom is -0.493 e. The normalized spacial score (nSPS) is 36.4. The Hall–Kier alpha value is -3.68. The van der Waals surface area contributed by atoms with E-state index in [9.17, 15) is 19.2 Å². The number of likely N-dealkylation sites (N-methyl/N-ethyl adjacent to an activating group) is 1. The first-order chi connectivity index (χ1) is 21.0. The van der Waals surface area contributed by atoms with Crippen LogP contribution < -0.4 is 9.47 Å². The molecule has 1 aromatic carbocycles. The van der Waals surface area contributed by atoms with Crippen molar-refractivity contribution in [3.8, 4) is 11.5 Å². The van der Waals surface area contributed by atoms with Crippen LogP contribution in [0, 0.1) is 5.92 Å². The monoisotopic (exact) mass is 615 g/mol. The van der Waals surface area contributed by atoms with Gasteiger partial charge in [0, 0.05) is 43.7 Å².